The van der Waals surface area contributed by atoms with Gasteiger partial charge in [-0.15, -0.1) is 23.1 Å². The fourth-order valence-electron chi connectivity index (χ4n) is 1.30. The lowest BCUT2D eigenvalue weighted by Crippen LogP contribution is -2.00. The Morgan fingerprint density at radius 2 is 2.31 bits per heavy atom. The lowest BCUT2D eigenvalue weighted by atomic mass is 10.4. The predicted octanol–water partition coefficient (Wildman–Crippen LogP) is 3.18. The summed E-state index contributed by atoms with van der Waals surface area (Å²) in [6, 6.07) is 6.12. The van der Waals surface area contributed by atoms with E-state index >= 15 is 0 Å². The van der Waals surface area contributed by atoms with Gasteiger partial charge in [0.15, 0.2) is 0 Å². The van der Waals surface area contributed by atoms with Crippen molar-refractivity contribution < 1.29 is 0 Å². The number of nitrogens with zero attached hydrogens (tertiary/aromatic N) is 2. The number of aryl methyl sites for hydroxylation is 1. The quantitative estimate of drug-likeness (QED) is 0.847. The van der Waals surface area contributed by atoms with Crippen LogP contribution >= 0.6 is 23.1 Å². The molecule has 3 nitrogen and oxygen atoms in total. The van der Waals surface area contributed by atoms with Crippen molar-refractivity contribution in [3.8, 4) is 0 Å². The second-order valence-corrected chi connectivity index (χ2v) is 5.50. The first-order valence-electron chi connectivity index (χ1n) is 4.96. The van der Waals surface area contributed by atoms with Crippen molar-refractivity contribution in [2.45, 2.75) is 16.9 Å². The van der Waals surface area contributed by atoms with E-state index in [1.165, 1.54) is 4.21 Å². The van der Waals surface area contributed by atoms with Crippen LogP contribution in [0.25, 0.3) is 0 Å². The average molecular weight is 251 g/mol. The van der Waals surface area contributed by atoms with E-state index in [0.29, 0.717) is 0 Å². The zero-order valence-corrected chi connectivity index (χ0v) is 10.9. The third kappa shape index (κ3) is 2.96. The van der Waals surface area contributed by atoms with Crippen molar-refractivity contribution in [3.63, 3.8) is 0 Å². The van der Waals surface area contributed by atoms with E-state index in [4.69, 9.17) is 0 Å². The van der Waals surface area contributed by atoms with Crippen LogP contribution in [0.3, 0.4) is 0 Å². The van der Waals surface area contributed by atoms with Crippen LogP contribution in [-0.2, 0) is 5.75 Å². The number of nitrogens with one attached hydrogen (secondary N) is 1. The Morgan fingerprint density at radius 3 is 3.00 bits per heavy atom. The highest BCUT2D eigenvalue weighted by Gasteiger charge is 2.02. The Hall–Kier alpha value is -1.07. The lowest BCUT2D eigenvalue weighted by Gasteiger charge is -2.04. The van der Waals surface area contributed by atoms with E-state index in [1.54, 1.807) is 23.1 Å². The first kappa shape index (κ1) is 11.4. The van der Waals surface area contributed by atoms with Gasteiger partial charge in [-0.1, -0.05) is 6.07 Å². The summed E-state index contributed by atoms with van der Waals surface area (Å²) in [5, 5.41) is 5.13. The van der Waals surface area contributed by atoms with E-state index in [9.17, 15) is 0 Å². The summed E-state index contributed by atoms with van der Waals surface area (Å²) >= 11 is 3.52. The molecule has 0 aliphatic rings. The molecule has 2 aromatic rings. The van der Waals surface area contributed by atoms with E-state index in [0.717, 1.165) is 23.1 Å². The van der Waals surface area contributed by atoms with Gasteiger partial charge in [0.25, 0.3) is 0 Å². The molecule has 2 rings (SSSR count). The third-order valence-electron chi connectivity index (χ3n) is 2.00. The molecule has 1 N–H and O–H groups in total. The molecule has 0 aliphatic heterocycles. The molecule has 16 heavy (non-hydrogen) atoms. The molecule has 0 atom stereocenters. The molecule has 84 valence electrons. The second-order valence-electron chi connectivity index (χ2n) is 3.28. The van der Waals surface area contributed by atoms with Gasteiger partial charge in [-0.3, -0.25) is 0 Å². The lowest BCUT2D eigenvalue weighted by molar-refractivity contribution is 0.997. The number of hydrogen-bond donors (Lipinski definition) is 1. The Balaban J connectivity index is 2.06. The van der Waals surface area contributed by atoms with Gasteiger partial charge >= 0.3 is 0 Å². The Bertz CT molecular complexity index is 454. The number of thiophene rings is 1. The summed E-state index contributed by atoms with van der Waals surface area (Å²) in [5.41, 5.74) is 1.00. The van der Waals surface area contributed by atoms with Gasteiger partial charge in [-0.2, -0.15) is 0 Å². The molecular weight excluding hydrogens is 238 g/mol. The summed E-state index contributed by atoms with van der Waals surface area (Å²) < 4.78 is 1.30. The molecule has 5 heteroatoms. The second kappa shape index (κ2) is 5.32. The maximum atomic E-state index is 4.41. The number of rotatable bonds is 4. The third-order valence-corrected chi connectivity index (χ3v) is 4.12. The van der Waals surface area contributed by atoms with Crippen LogP contribution in [-0.4, -0.2) is 17.0 Å². The van der Waals surface area contributed by atoms with Crippen LogP contribution in [0.1, 0.15) is 11.5 Å². The van der Waals surface area contributed by atoms with Crippen LogP contribution in [0, 0.1) is 6.92 Å². The van der Waals surface area contributed by atoms with Crippen molar-refractivity contribution >= 4 is 28.9 Å². The van der Waals surface area contributed by atoms with Crippen molar-refractivity contribution in [1.29, 1.82) is 0 Å². The SMILES string of the molecule is CNc1cc(C)nc(CSc2cccs2)n1. The minimum atomic E-state index is 0.816. The van der Waals surface area contributed by atoms with E-state index in [2.05, 4.69) is 32.8 Å². The standard InChI is InChI=1S/C11H13N3S2/c1-8-6-9(12-2)14-10(13-8)7-16-11-4-3-5-15-11/h3-6H,7H2,1-2H3,(H,12,13,14). The normalized spacial score (nSPS) is 10.4. The van der Waals surface area contributed by atoms with E-state index < -0.39 is 0 Å². The Morgan fingerprint density at radius 1 is 1.44 bits per heavy atom. The molecule has 0 saturated heterocycles. The zero-order valence-electron chi connectivity index (χ0n) is 9.23. The smallest absolute Gasteiger partial charge is 0.141 e. The van der Waals surface area contributed by atoms with Gasteiger partial charge in [0, 0.05) is 18.8 Å². The fraction of sp³-hybridized carbons (Fsp3) is 0.273. The van der Waals surface area contributed by atoms with Gasteiger partial charge in [-0.25, -0.2) is 9.97 Å². The monoisotopic (exact) mass is 251 g/mol. The number of aromatic nitrogens is 2. The molecule has 0 amide bonds. The van der Waals surface area contributed by atoms with Crippen molar-refractivity contribution in [3.05, 3.63) is 35.1 Å². The predicted molar refractivity (Wildman–Crippen MR) is 70.2 cm³/mol. The first-order chi connectivity index (χ1) is 7.78. The molecular formula is C11H13N3S2. The molecule has 0 saturated carbocycles. The maximum absolute atomic E-state index is 4.41. The van der Waals surface area contributed by atoms with E-state index in [-0.39, 0.29) is 0 Å². The number of hydrogen-bond acceptors (Lipinski definition) is 5. The first-order valence-corrected chi connectivity index (χ1v) is 6.83. The van der Waals surface area contributed by atoms with Crippen LogP contribution in [0.15, 0.2) is 27.8 Å². The Labute approximate surface area is 103 Å². The highest BCUT2D eigenvalue weighted by Crippen LogP contribution is 2.26. The molecule has 0 radical (unpaired) electrons. The van der Waals surface area contributed by atoms with Crippen LogP contribution in [0.2, 0.25) is 0 Å². The highest BCUT2D eigenvalue weighted by atomic mass is 32.2. The van der Waals surface area contributed by atoms with Crippen molar-refractivity contribution in [2.24, 2.45) is 0 Å². The average Bonchev–Trinajstić information content (AvgIpc) is 2.78. The van der Waals surface area contributed by atoms with E-state index in [1.807, 2.05) is 20.0 Å². The molecule has 0 unspecified atom stereocenters. The molecule has 2 aromatic heterocycles. The largest absolute Gasteiger partial charge is 0.373 e. The van der Waals surface area contributed by atoms with Gasteiger partial charge in [0.1, 0.15) is 11.6 Å². The summed E-state index contributed by atoms with van der Waals surface area (Å²) in [6.07, 6.45) is 0. The summed E-state index contributed by atoms with van der Waals surface area (Å²) in [7, 11) is 1.87. The topological polar surface area (TPSA) is 37.8 Å². The van der Waals surface area contributed by atoms with Crippen LogP contribution in [0.5, 0.6) is 0 Å². The number of thioether (sulfide) groups is 1. The van der Waals surface area contributed by atoms with Gasteiger partial charge in [0.05, 0.1) is 9.96 Å². The molecule has 0 spiro atoms. The molecule has 0 aliphatic carbocycles. The summed E-state index contributed by atoms with van der Waals surface area (Å²) in [6.45, 7) is 1.99. The fourth-order valence-corrected chi connectivity index (χ4v) is 2.94. The summed E-state index contributed by atoms with van der Waals surface area (Å²) in [4.78, 5) is 8.83. The van der Waals surface area contributed by atoms with Crippen molar-refractivity contribution in [2.75, 3.05) is 12.4 Å². The van der Waals surface area contributed by atoms with Crippen LogP contribution < -0.4 is 5.32 Å². The minimum absolute atomic E-state index is 0.816. The molecule has 2 heterocycles. The zero-order chi connectivity index (χ0) is 11.4. The maximum Gasteiger partial charge on any atom is 0.141 e. The van der Waals surface area contributed by atoms with Gasteiger partial charge < -0.3 is 5.32 Å². The highest BCUT2D eigenvalue weighted by molar-refractivity contribution is 8.00. The Kier molecular flexibility index (Phi) is 3.79. The molecule has 0 aromatic carbocycles. The van der Waals surface area contributed by atoms with Crippen LogP contribution in [0.4, 0.5) is 5.82 Å². The van der Waals surface area contributed by atoms with Gasteiger partial charge in [0.2, 0.25) is 0 Å². The molecule has 0 fully saturated rings. The molecule has 0 bridgehead atoms. The van der Waals surface area contributed by atoms with Gasteiger partial charge in [-0.05, 0) is 18.4 Å². The minimum Gasteiger partial charge on any atom is -0.373 e. The summed E-state index contributed by atoms with van der Waals surface area (Å²) in [5.74, 6) is 2.58. The number of anilines is 1. The van der Waals surface area contributed by atoms with Crippen molar-refractivity contribution in [1.82, 2.24) is 9.97 Å².